The first-order valence-electron chi connectivity index (χ1n) is 9.10. The second-order valence-corrected chi connectivity index (χ2v) is 8.12. The van der Waals surface area contributed by atoms with E-state index in [1.165, 1.54) is 24.3 Å². The molecule has 7 heteroatoms. The highest BCUT2D eigenvalue weighted by atomic mass is 32.2. The number of aliphatic imine (C=N–C) groups is 1. The van der Waals surface area contributed by atoms with Crippen molar-refractivity contribution in [1.82, 2.24) is 0 Å². The Balaban J connectivity index is 1.54. The van der Waals surface area contributed by atoms with E-state index in [0.717, 1.165) is 11.1 Å². The molecular weight excluding hydrogens is 402 g/mol. The number of hydrogen-bond donors (Lipinski definition) is 0. The maximum absolute atomic E-state index is 12.3. The zero-order valence-corrected chi connectivity index (χ0v) is 16.8. The molecule has 1 aliphatic rings. The molecule has 6 nitrogen and oxygen atoms in total. The zero-order chi connectivity index (χ0) is 21.1. The van der Waals surface area contributed by atoms with Crippen LogP contribution in [0.4, 0.5) is 0 Å². The molecule has 0 spiro atoms. The van der Waals surface area contributed by atoms with E-state index in [2.05, 4.69) is 4.99 Å². The average Bonchev–Trinajstić information content (AvgIpc) is 3.10. The van der Waals surface area contributed by atoms with Crippen molar-refractivity contribution in [3.63, 3.8) is 0 Å². The Morgan fingerprint density at radius 1 is 0.900 bits per heavy atom. The summed E-state index contributed by atoms with van der Waals surface area (Å²) in [6.45, 7) is 1.91. The van der Waals surface area contributed by atoms with Gasteiger partial charge in [0.15, 0.2) is 5.70 Å². The normalized spacial score (nSPS) is 15.0. The molecule has 0 saturated heterocycles. The summed E-state index contributed by atoms with van der Waals surface area (Å²) >= 11 is 0. The summed E-state index contributed by atoms with van der Waals surface area (Å²) < 4.78 is 35.0. The van der Waals surface area contributed by atoms with Crippen molar-refractivity contribution in [2.24, 2.45) is 4.99 Å². The smallest absolute Gasteiger partial charge is 0.363 e. The monoisotopic (exact) mass is 419 g/mol. The molecule has 3 aromatic carbocycles. The first-order chi connectivity index (χ1) is 14.4. The van der Waals surface area contributed by atoms with Crippen molar-refractivity contribution >= 4 is 28.1 Å². The molecule has 4 rings (SSSR count). The molecule has 0 unspecified atom stereocenters. The van der Waals surface area contributed by atoms with Crippen LogP contribution < -0.4 is 4.18 Å². The lowest BCUT2D eigenvalue weighted by atomic mass is 10.1. The van der Waals surface area contributed by atoms with Crippen molar-refractivity contribution in [2.75, 3.05) is 0 Å². The SMILES string of the molecule is Cc1ccccc1C1=N/C(=C\c2ccc(OS(=O)(=O)c3ccccc3)cc2)C(=O)O1. The van der Waals surface area contributed by atoms with E-state index < -0.39 is 16.1 Å². The van der Waals surface area contributed by atoms with Crippen LogP contribution in [0, 0.1) is 6.92 Å². The van der Waals surface area contributed by atoms with Gasteiger partial charge in [-0.3, -0.25) is 0 Å². The Hall–Kier alpha value is -3.71. The fourth-order valence-electron chi connectivity index (χ4n) is 2.88. The molecule has 1 aliphatic heterocycles. The number of carbonyl (C=O) groups is 1. The summed E-state index contributed by atoms with van der Waals surface area (Å²) in [4.78, 5) is 16.5. The van der Waals surface area contributed by atoms with Crippen LogP contribution in [0.2, 0.25) is 0 Å². The van der Waals surface area contributed by atoms with Gasteiger partial charge in [-0.1, -0.05) is 48.5 Å². The van der Waals surface area contributed by atoms with Crippen LogP contribution in [0.15, 0.2) is 94.4 Å². The first kappa shape index (κ1) is 19.6. The van der Waals surface area contributed by atoms with Gasteiger partial charge in [0.1, 0.15) is 10.6 Å². The predicted octanol–water partition coefficient (Wildman–Crippen LogP) is 4.11. The molecule has 3 aromatic rings. The van der Waals surface area contributed by atoms with Crippen molar-refractivity contribution in [3.8, 4) is 5.75 Å². The molecule has 0 fully saturated rings. The van der Waals surface area contributed by atoms with Gasteiger partial charge in [0.05, 0.1) is 0 Å². The Morgan fingerprint density at radius 3 is 2.27 bits per heavy atom. The molecule has 30 heavy (non-hydrogen) atoms. The number of rotatable bonds is 5. The van der Waals surface area contributed by atoms with Crippen LogP contribution in [-0.4, -0.2) is 20.3 Å². The van der Waals surface area contributed by atoms with E-state index in [1.54, 1.807) is 36.4 Å². The Bertz CT molecular complexity index is 1260. The number of nitrogens with zero attached hydrogens (tertiary/aromatic N) is 1. The van der Waals surface area contributed by atoms with Crippen LogP contribution in [0.25, 0.3) is 6.08 Å². The molecule has 1 heterocycles. The lowest BCUT2D eigenvalue weighted by Gasteiger charge is -2.07. The van der Waals surface area contributed by atoms with E-state index in [4.69, 9.17) is 8.92 Å². The zero-order valence-electron chi connectivity index (χ0n) is 16.0. The van der Waals surface area contributed by atoms with Crippen LogP contribution in [0.3, 0.4) is 0 Å². The van der Waals surface area contributed by atoms with E-state index in [-0.39, 0.29) is 22.2 Å². The highest BCUT2D eigenvalue weighted by molar-refractivity contribution is 7.87. The van der Waals surface area contributed by atoms with Crippen LogP contribution in [-0.2, 0) is 19.6 Å². The highest BCUT2D eigenvalue weighted by Crippen LogP contribution is 2.23. The summed E-state index contributed by atoms with van der Waals surface area (Å²) in [5.74, 6) is -0.113. The minimum Gasteiger partial charge on any atom is -0.402 e. The van der Waals surface area contributed by atoms with Gasteiger partial charge < -0.3 is 8.92 Å². The van der Waals surface area contributed by atoms with Crippen molar-refractivity contribution < 1.29 is 22.1 Å². The van der Waals surface area contributed by atoms with E-state index in [9.17, 15) is 13.2 Å². The predicted molar refractivity (Wildman–Crippen MR) is 112 cm³/mol. The lowest BCUT2D eigenvalue weighted by Crippen LogP contribution is -2.09. The highest BCUT2D eigenvalue weighted by Gasteiger charge is 2.25. The van der Waals surface area contributed by atoms with Gasteiger partial charge in [-0.05, 0) is 54.5 Å². The number of aryl methyl sites for hydroxylation is 1. The third-order valence-electron chi connectivity index (χ3n) is 4.42. The van der Waals surface area contributed by atoms with Crippen molar-refractivity contribution in [1.29, 1.82) is 0 Å². The summed E-state index contributed by atoms with van der Waals surface area (Å²) in [5, 5.41) is 0. The summed E-state index contributed by atoms with van der Waals surface area (Å²) in [5.41, 5.74) is 2.52. The standard InChI is InChI=1S/C23H17NO5S/c1-16-7-5-6-10-20(16)22-24-21(23(25)28-22)15-17-11-13-18(14-12-17)29-30(26,27)19-8-3-2-4-9-19/h2-15H,1H3/b21-15-. The quantitative estimate of drug-likeness (QED) is 0.353. The van der Waals surface area contributed by atoms with Gasteiger partial charge in [0.25, 0.3) is 0 Å². The van der Waals surface area contributed by atoms with Gasteiger partial charge in [-0.25, -0.2) is 9.79 Å². The van der Waals surface area contributed by atoms with Crippen LogP contribution >= 0.6 is 0 Å². The second-order valence-electron chi connectivity index (χ2n) is 6.57. The molecule has 0 atom stereocenters. The van der Waals surface area contributed by atoms with Gasteiger partial charge in [-0.2, -0.15) is 8.42 Å². The second kappa shape index (κ2) is 7.96. The largest absolute Gasteiger partial charge is 0.402 e. The minimum absolute atomic E-state index is 0.0722. The third-order valence-corrected chi connectivity index (χ3v) is 5.68. The summed E-state index contributed by atoms with van der Waals surface area (Å²) in [6.07, 6.45) is 1.57. The lowest BCUT2D eigenvalue weighted by molar-refractivity contribution is -0.129. The summed E-state index contributed by atoms with van der Waals surface area (Å²) in [6, 6.07) is 21.7. The van der Waals surface area contributed by atoms with Gasteiger partial charge in [0, 0.05) is 5.56 Å². The number of benzene rings is 3. The fraction of sp³-hybridized carbons (Fsp3) is 0.0435. The molecule has 0 amide bonds. The van der Waals surface area contributed by atoms with Crippen molar-refractivity contribution in [3.05, 3.63) is 101 Å². The average molecular weight is 419 g/mol. The molecule has 0 saturated carbocycles. The molecule has 0 bridgehead atoms. The number of ether oxygens (including phenoxy) is 1. The molecule has 150 valence electrons. The maximum Gasteiger partial charge on any atom is 0.363 e. The van der Waals surface area contributed by atoms with Crippen LogP contribution in [0.1, 0.15) is 16.7 Å². The number of hydrogen-bond acceptors (Lipinski definition) is 6. The third kappa shape index (κ3) is 4.16. The van der Waals surface area contributed by atoms with E-state index in [1.807, 2.05) is 31.2 Å². The van der Waals surface area contributed by atoms with E-state index >= 15 is 0 Å². The molecular formula is C23H17NO5S. The first-order valence-corrected chi connectivity index (χ1v) is 10.5. The van der Waals surface area contributed by atoms with Crippen LogP contribution in [0.5, 0.6) is 5.75 Å². The Morgan fingerprint density at radius 2 is 1.57 bits per heavy atom. The molecule has 0 N–H and O–H groups in total. The Kier molecular flexibility index (Phi) is 5.20. The fourth-order valence-corrected chi connectivity index (χ4v) is 3.83. The van der Waals surface area contributed by atoms with Crippen molar-refractivity contribution in [2.45, 2.75) is 11.8 Å². The topological polar surface area (TPSA) is 82.0 Å². The minimum atomic E-state index is -3.91. The number of esters is 1. The maximum atomic E-state index is 12.3. The van der Waals surface area contributed by atoms with E-state index in [0.29, 0.717) is 5.56 Å². The molecule has 0 aromatic heterocycles. The van der Waals surface area contributed by atoms with Gasteiger partial charge in [0.2, 0.25) is 5.90 Å². The number of carbonyl (C=O) groups excluding carboxylic acids is 1. The summed E-state index contributed by atoms with van der Waals surface area (Å²) in [7, 11) is -3.91. The molecule has 0 aliphatic carbocycles. The molecule has 0 radical (unpaired) electrons. The van der Waals surface area contributed by atoms with Gasteiger partial charge >= 0.3 is 16.1 Å². The Labute approximate surface area is 174 Å². The number of cyclic esters (lactones) is 1. The van der Waals surface area contributed by atoms with Gasteiger partial charge in [-0.15, -0.1) is 0 Å².